The van der Waals surface area contributed by atoms with Crippen molar-refractivity contribution in [2.75, 3.05) is 13.1 Å². The van der Waals surface area contributed by atoms with E-state index in [1.165, 1.54) is 11.1 Å². The molecule has 3 rings (SSSR count). The zero-order chi connectivity index (χ0) is 26.5. The normalized spacial score (nSPS) is 11.9. The standard InChI is InChI=1S/C31H37NO5/c1-24(37-23-28-11-7-10-26(20-28)14-13-25-8-3-2-4-9-25)21-32(19-6-5-12-30(33)34)22-27-15-17-29(18-16-27)31(35)36/h2-4,7-11,15-18,20,24H,5-6,12-14,19,21-23H2,1H3,(H,33,34)(H,35,36)/t24-/m1/s1. The van der Waals surface area contributed by atoms with Crippen molar-refractivity contribution in [3.63, 3.8) is 0 Å². The second-order valence-electron chi connectivity index (χ2n) is 9.52. The van der Waals surface area contributed by atoms with Gasteiger partial charge in [-0.05, 0) is 73.5 Å². The number of aromatic carboxylic acids is 1. The van der Waals surface area contributed by atoms with Crippen LogP contribution in [0.15, 0.2) is 78.9 Å². The molecule has 0 radical (unpaired) electrons. The van der Waals surface area contributed by atoms with Gasteiger partial charge in [0.15, 0.2) is 0 Å². The van der Waals surface area contributed by atoms with E-state index in [0.717, 1.165) is 36.9 Å². The molecule has 0 saturated heterocycles. The molecule has 0 aliphatic heterocycles. The van der Waals surface area contributed by atoms with Crippen LogP contribution in [-0.2, 0) is 35.5 Å². The van der Waals surface area contributed by atoms with E-state index in [4.69, 9.17) is 14.9 Å². The van der Waals surface area contributed by atoms with E-state index in [2.05, 4.69) is 60.4 Å². The van der Waals surface area contributed by atoms with Crippen molar-refractivity contribution in [1.29, 1.82) is 0 Å². The van der Waals surface area contributed by atoms with E-state index in [1.807, 2.05) is 18.2 Å². The lowest BCUT2D eigenvalue weighted by Crippen LogP contribution is -2.33. The van der Waals surface area contributed by atoms with Crippen LogP contribution in [-0.4, -0.2) is 46.2 Å². The van der Waals surface area contributed by atoms with Crippen LogP contribution in [0.5, 0.6) is 0 Å². The molecule has 3 aromatic carbocycles. The minimum Gasteiger partial charge on any atom is -0.481 e. The topological polar surface area (TPSA) is 87.1 Å². The Bertz CT molecular complexity index is 1110. The number of aryl methyl sites for hydroxylation is 2. The third kappa shape index (κ3) is 10.6. The molecule has 0 unspecified atom stereocenters. The number of nitrogens with zero attached hydrogens (tertiary/aromatic N) is 1. The molecule has 0 spiro atoms. The molecule has 0 heterocycles. The maximum Gasteiger partial charge on any atom is 0.335 e. The van der Waals surface area contributed by atoms with Gasteiger partial charge in [0.05, 0.1) is 18.3 Å². The fourth-order valence-electron chi connectivity index (χ4n) is 4.32. The van der Waals surface area contributed by atoms with Crippen LogP contribution in [0.25, 0.3) is 0 Å². The summed E-state index contributed by atoms with van der Waals surface area (Å²) in [7, 11) is 0. The zero-order valence-electron chi connectivity index (χ0n) is 21.5. The van der Waals surface area contributed by atoms with Crippen molar-refractivity contribution in [3.05, 3.63) is 107 Å². The fraction of sp³-hybridized carbons (Fsp3) is 0.355. The Morgan fingerprint density at radius 3 is 2.19 bits per heavy atom. The Kier molecular flexibility index (Phi) is 11.3. The van der Waals surface area contributed by atoms with Gasteiger partial charge >= 0.3 is 11.9 Å². The lowest BCUT2D eigenvalue weighted by Gasteiger charge is -2.26. The first-order valence-corrected chi connectivity index (χ1v) is 12.9. The number of hydrogen-bond donors (Lipinski definition) is 2. The molecule has 0 saturated carbocycles. The molecular weight excluding hydrogens is 466 g/mol. The predicted octanol–water partition coefficient (Wildman–Crippen LogP) is 5.83. The number of carboxylic acids is 2. The number of hydrogen-bond acceptors (Lipinski definition) is 4. The largest absolute Gasteiger partial charge is 0.481 e. The van der Waals surface area contributed by atoms with Crippen molar-refractivity contribution in [2.24, 2.45) is 0 Å². The Balaban J connectivity index is 1.53. The van der Waals surface area contributed by atoms with E-state index in [9.17, 15) is 9.59 Å². The Morgan fingerprint density at radius 1 is 0.811 bits per heavy atom. The SMILES string of the molecule is C[C@H](CN(CCCCC(=O)O)Cc1ccc(C(=O)O)cc1)OCc1cccc(CCc2ccccc2)c1. The number of benzene rings is 3. The van der Waals surface area contributed by atoms with Gasteiger partial charge in [0, 0.05) is 19.5 Å². The average molecular weight is 504 g/mol. The molecule has 0 aliphatic rings. The number of unbranched alkanes of at least 4 members (excludes halogenated alkanes) is 1. The van der Waals surface area contributed by atoms with Gasteiger partial charge in [-0.25, -0.2) is 4.79 Å². The minimum absolute atomic E-state index is 0.0225. The van der Waals surface area contributed by atoms with Crippen molar-refractivity contribution in [3.8, 4) is 0 Å². The second-order valence-corrected chi connectivity index (χ2v) is 9.52. The highest BCUT2D eigenvalue weighted by Crippen LogP contribution is 2.14. The Labute approximate surface area is 219 Å². The van der Waals surface area contributed by atoms with E-state index in [1.54, 1.807) is 12.1 Å². The van der Waals surface area contributed by atoms with Crippen molar-refractivity contribution in [2.45, 2.75) is 58.3 Å². The minimum atomic E-state index is -0.941. The highest BCUT2D eigenvalue weighted by molar-refractivity contribution is 5.87. The molecule has 1 atom stereocenters. The molecule has 6 heteroatoms. The Morgan fingerprint density at radius 2 is 1.49 bits per heavy atom. The highest BCUT2D eigenvalue weighted by atomic mass is 16.5. The highest BCUT2D eigenvalue weighted by Gasteiger charge is 2.13. The number of carbonyl (C=O) groups is 2. The van der Waals surface area contributed by atoms with E-state index in [-0.39, 0.29) is 18.1 Å². The number of ether oxygens (including phenoxy) is 1. The maximum atomic E-state index is 11.1. The maximum absolute atomic E-state index is 11.1. The first kappa shape index (κ1) is 28.1. The summed E-state index contributed by atoms with van der Waals surface area (Å²) in [6.07, 6.45) is 3.52. The van der Waals surface area contributed by atoms with Crippen molar-refractivity contribution < 1.29 is 24.5 Å². The first-order valence-electron chi connectivity index (χ1n) is 12.9. The predicted molar refractivity (Wildman–Crippen MR) is 145 cm³/mol. The van der Waals surface area contributed by atoms with Crippen LogP contribution < -0.4 is 0 Å². The second kappa shape index (κ2) is 14.9. The van der Waals surface area contributed by atoms with Gasteiger partial charge in [-0.1, -0.05) is 66.7 Å². The van der Waals surface area contributed by atoms with Gasteiger partial charge in [0.1, 0.15) is 0 Å². The molecule has 0 bridgehead atoms. The van der Waals surface area contributed by atoms with Crippen LogP contribution in [0.3, 0.4) is 0 Å². The lowest BCUT2D eigenvalue weighted by molar-refractivity contribution is -0.137. The molecule has 3 aromatic rings. The van der Waals surface area contributed by atoms with Gasteiger partial charge < -0.3 is 14.9 Å². The summed E-state index contributed by atoms with van der Waals surface area (Å²) in [6.45, 7) is 4.67. The quantitative estimate of drug-likeness (QED) is 0.239. The molecule has 0 fully saturated rings. The molecule has 0 aromatic heterocycles. The third-order valence-corrected chi connectivity index (χ3v) is 6.31. The van der Waals surface area contributed by atoms with Gasteiger partial charge in [-0.3, -0.25) is 9.69 Å². The molecule has 2 N–H and O–H groups in total. The van der Waals surface area contributed by atoms with Gasteiger partial charge in [-0.2, -0.15) is 0 Å². The number of aliphatic carboxylic acids is 1. The molecule has 0 aliphatic carbocycles. The zero-order valence-corrected chi connectivity index (χ0v) is 21.5. The molecular formula is C31H37NO5. The molecule has 6 nitrogen and oxygen atoms in total. The summed E-state index contributed by atoms with van der Waals surface area (Å²) in [5.74, 6) is -1.72. The van der Waals surface area contributed by atoms with Crippen LogP contribution in [0.2, 0.25) is 0 Å². The van der Waals surface area contributed by atoms with Crippen LogP contribution in [0.1, 0.15) is 58.8 Å². The van der Waals surface area contributed by atoms with Crippen LogP contribution in [0, 0.1) is 0 Å². The smallest absolute Gasteiger partial charge is 0.335 e. The first-order chi connectivity index (χ1) is 17.9. The fourth-order valence-corrected chi connectivity index (χ4v) is 4.32. The molecule has 196 valence electrons. The van der Waals surface area contributed by atoms with Gasteiger partial charge in [0.25, 0.3) is 0 Å². The molecule has 37 heavy (non-hydrogen) atoms. The van der Waals surface area contributed by atoms with Crippen LogP contribution >= 0.6 is 0 Å². The van der Waals surface area contributed by atoms with Gasteiger partial charge in [-0.15, -0.1) is 0 Å². The lowest BCUT2D eigenvalue weighted by atomic mass is 10.0. The average Bonchev–Trinajstić information content (AvgIpc) is 2.90. The number of rotatable bonds is 16. The summed E-state index contributed by atoms with van der Waals surface area (Å²) in [5.41, 5.74) is 5.05. The summed E-state index contributed by atoms with van der Waals surface area (Å²) in [5, 5.41) is 18.1. The van der Waals surface area contributed by atoms with E-state index < -0.39 is 11.9 Å². The van der Waals surface area contributed by atoms with Crippen LogP contribution in [0.4, 0.5) is 0 Å². The summed E-state index contributed by atoms with van der Waals surface area (Å²) >= 11 is 0. The summed E-state index contributed by atoms with van der Waals surface area (Å²) in [4.78, 5) is 24.3. The third-order valence-electron chi connectivity index (χ3n) is 6.31. The Hall–Kier alpha value is -3.48. The summed E-state index contributed by atoms with van der Waals surface area (Å²) in [6, 6.07) is 25.9. The summed E-state index contributed by atoms with van der Waals surface area (Å²) < 4.78 is 6.20. The monoisotopic (exact) mass is 503 g/mol. The molecule has 0 amide bonds. The van der Waals surface area contributed by atoms with Gasteiger partial charge in [0.2, 0.25) is 0 Å². The van der Waals surface area contributed by atoms with Crippen molar-refractivity contribution >= 4 is 11.9 Å². The van der Waals surface area contributed by atoms with Crippen molar-refractivity contribution in [1.82, 2.24) is 4.90 Å². The van der Waals surface area contributed by atoms with E-state index in [0.29, 0.717) is 26.1 Å². The number of carboxylic acid groups (broad SMARTS) is 2. The van der Waals surface area contributed by atoms with E-state index >= 15 is 0 Å².